The van der Waals surface area contributed by atoms with Crippen molar-refractivity contribution < 1.29 is 37.3 Å². The lowest BCUT2D eigenvalue weighted by Crippen LogP contribution is -2.52. The Morgan fingerprint density at radius 1 is 1.22 bits per heavy atom. The van der Waals surface area contributed by atoms with Crippen LogP contribution in [0.4, 0.5) is 4.79 Å². The fourth-order valence-electron chi connectivity index (χ4n) is 4.04. The highest BCUT2D eigenvalue weighted by atomic mass is 32.2. The summed E-state index contributed by atoms with van der Waals surface area (Å²) in [5, 5.41) is 12.6. The number of carbonyl (C=O) groups is 1. The van der Waals surface area contributed by atoms with Crippen LogP contribution in [0, 0.1) is 5.92 Å². The summed E-state index contributed by atoms with van der Waals surface area (Å²) in [4.78, 5) is 12.9. The Morgan fingerprint density at radius 2 is 1.89 bits per heavy atom. The molecule has 0 bridgehead atoms. The maximum Gasteiger partial charge on any atom is 0.407 e. The van der Waals surface area contributed by atoms with Crippen LogP contribution in [0.2, 0.25) is 0 Å². The van der Waals surface area contributed by atoms with Gasteiger partial charge in [-0.2, -0.15) is 4.31 Å². The number of hydrogen-bond acceptors (Lipinski definition) is 8. The van der Waals surface area contributed by atoms with Crippen molar-refractivity contribution in [3.05, 3.63) is 24.3 Å². The SMILES string of the molecule is C=[P+](C)CC(NC(=O)OC1CCC(O)COC1)C(CN(CC(C)C)S(=O)(=O)c1ccc(OC)cc1)OC. The van der Waals surface area contributed by atoms with Gasteiger partial charge in [0.05, 0.1) is 64.0 Å². The van der Waals surface area contributed by atoms with Crippen LogP contribution < -0.4 is 10.1 Å². The lowest BCUT2D eigenvalue weighted by molar-refractivity contribution is 0.00883. The van der Waals surface area contributed by atoms with E-state index in [4.69, 9.17) is 18.9 Å². The second kappa shape index (κ2) is 15.0. The van der Waals surface area contributed by atoms with Crippen molar-refractivity contribution in [2.45, 2.75) is 55.9 Å². The van der Waals surface area contributed by atoms with Gasteiger partial charge < -0.3 is 29.4 Å². The largest absolute Gasteiger partial charge is 0.497 e. The number of alkyl carbamates (subject to hydrolysis) is 1. The first-order valence-corrected chi connectivity index (χ1v) is 16.0. The van der Waals surface area contributed by atoms with Crippen LogP contribution in [-0.2, 0) is 24.2 Å². The van der Waals surface area contributed by atoms with E-state index in [1.165, 1.54) is 30.7 Å². The van der Waals surface area contributed by atoms with Gasteiger partial charge in [0.25, 0.3) is 0 Å². The predicted octanol–water partition coefficient (Wildman–Crippen LogP) is 2.54. The van der Waals surface area contributed by atoms with Gasteiger partial charge in [0.15, 0.2) is 0 Å². The summed E-state index contributed by atoms with van der Waals surface area (Å²) in [7, 11) is -1.52. The van der Waals surface area contributed by atoms with E-state index in [0.717, 1.165) is 0 Å². The van der Waals surface area contributed by atoms with E-state index < -0.39 is 48.0 Å². The summed E-state index contributed by atoms with van der Waals surface area (Å²) < 4.78 is 50.4. The molecule has 1 aliphatic heterocycles. The number of hydrogen-bond donors (Lipinski definition) is 2. The van der Waals surface area contributed by atoms with Gasteiger partial charge in [-0.05, 0) is 43.0 Å². The minimum Gasteiger partial charge on any atom is -0.497 e. The molecule has 2 N–H and O–H groups in total. The van der Waals surface area contributed by atoms with E-state index in [9.17, 15) is 18.3 Å². The molecule has 0 saturated carbocycles. The summed E-state index contributed by atoms with van der Waals surface area (Å²) >= 11 is 0. The van der Waals surface area contributed by atoms with Crippen molar-refractivity contribution >= 4 is 30.0 Å². The maximum absolute atomic E-state index is 13.6. The van der Waals surface area contributed by atoms with Gasteiger partial charge in [-0.3, -0.25) is 0 Å². The fourth-order valence-corrected chi connectivity index (χ4v) is 6.66. The Hall–Kier alpha value is -1.75. The van der Waals surface area contributed by atoms with E-state index in [1.807, 2.05) is 20.5 Å². The topological polar surface area (TPSA) is 124 Å². The highest BCUT2D eigenvalue weighted by Crippen LogP contribution is 2.24. The number of ether oxygens (including phenoxy) is 4. The first kappa shape index (κ1) is 31.5. The van der Waals surface area contributed by atoms with Crippen molar-refractivity contribution in [1.82, 2.24) is 9.62 Å². The summed E-state index contributed by atoms with van der Waals surface area (Å²) in [6.45, 7) is 6.60. The Labute approximate surface area is 222 Å². The number of aliphatic hydroxyl groups is 1. The predicted molar refractivity (Wildman–Crippen MR) is 145 cm³/mol. The molecule has 1 heterocycles. The highest BCUT2D eigenvalue weighted by molar-refractivity contribution is 7.89. The maximum atomic E-state index is 13.6. The average molecular weight is 562 g/mol. The van der Waals surface area contributed by atoms with Crippen LogP contribution in [0.1, 0.15) is 26.7 Å². The highest BCUT2D eigenvalue weighted by Gasteiger charge is 2.34. The van der Waals surface area contributed by atoms with E-state index in [-0.39, 0.29) is 37.1 Å². The molecular weight excluding hydrogens is 519 g/mol. The number of carbonyl (C=O) groups excluding carboxylic acids is 1. The van der Waals surface area contributed by atoms with Gasteiger partial charge in [0, 0.05) is 20.2 Å². The van der Waals surface area contributed by atoms with Crippen LogP contribution >= 0.6 is 7.55 Å². The molecule has 1 fully saturated rings. The zero-order chi connectivity index (χ0) is 27.6. The molecule has 37 heavy (non-hydrogen) atoms. The lowest BCUT2D eigenvalue weighted by atomic mass is 10.1. The second-order valence-corrected chi connectivity index (χ2v) is 13.8. The number of sulfonamides is 1. The first-order valence-electron chi connectivity index (χ1n) is 12.4. The standard InChI is InChI=1S/C25H41N2O8PS/c1-18(2)13-27(37(30,31)22-11-9-20(32-3)10-12-22)14-24(33-4)23(17-36(5)6)26-25(29)35-21-8-7-19(28)15-34-16-21/h9-12,18-19,21,23-24,28H,5,7-8,13-17H2,1-4,6H3/p+1. The van der Waals surface area contributed by atoms with Crippen molar-refractivity contribution in [3.63, 3.8) is 0 Å². The van der Waals surface area contributed by atoms with Gasteiger partial charge >= 0.3 is 6.09 Å². The molecule has 210 valence electrons. The van der Waals surface area contributed by atoms with E-state index in [1.54, 1.807) is 12.1 Å². The fraction of sp³-hybridized carbons (Fsp3) is 0.680. The zero-order valence-electron chi connectivity index (χ0n) is 22.5. The molecule has 1 amide bonds. The number of aliphatic hydroxyl groups excluding tert-OH is 1. The molecule has 1 aromatic carbocycles. The Bertz CT molecular complexity index is 973. The van der Waals surface area contributed by atoms with Gasteiger partial charge in [0.2, 0.25) is 10.0 Å². The van der Waals surface area contributed by atoms with Crippen LogP contribution in [0.3, 0.4) is 0 Å². The molecule has 0 radical (unpaired) electrons. The Balaban J connectivity index is 2.21. The molecule has 5 atom stereocenters. The minimum atomic E-state index is -3.85. The number of benzene rings is 1. The van der Waals surface area contributed by atoms with Crippen molar-refractivity contribution in [1.29, 1.82) is 0 Å². The van der Waals surface area contributed by atoms with Gasteiger partial charge in [-0.15, -0.1) is 0 Å². The minimum absolute atomic E-state index is 0.0376. The molecule has 5 unspecified atom stereocenters. The monoisotopic (exact) mass is 561 g/mol. The van der Waals surface area contributed by atoms with Crippen LogP contribution in [0.15, 0.2) is 29.2 Å². The average Bonchev–Trinajstić information content (AvgIpc) is 3.04. The molecule has 12 heteroatoms. The van der Waals surface area contributed by atoms with Crippen molar-refractivity contribution in [2.75, 3.05) is 53.3 Å². The normalized spacial score (nSPS) is 20.7. The van der Waals surface area contributed by atoms with Gasteiger partial charge in [0.1, 0.15) is 18.0 Å². The molecule has 0 aromatic heterocycles. The van der Waals surface area contributed by atoms with Crippen LogP contribution in [0.5, 0.6) is 5.75 Å². The van der Waals surface area contributed by atoms with Crippen molar-refractivity contribution in [3.8, 4) is 5.75 Å². The Kier molecular flexibility index (Phi) is 12.8. The molecule has 1 aliphatic rings. The lowest BCUT2D eigenvalue weighted by Gasteiger charge is -2.31. The van der Waals surface area contributed by atoms with E-state index in [2.05, 4.69) is 11.6 Å². The summed E-state index contributed by atoms with van der Waals surface area (Å²) in [5.41, 5.74) is 0. The summed E-state index contributed by atoms with van der Waals surface area (Å²) in [6.07, 6.45) is 3.26. The molecule has 1 aromatic rings. The quantitative estimate of drug-likeness (QED) is 0.352. The number of nitrogens with zero attached hydrogens (tertiary/aromatic N) is 1. The number of rotatable bonds is 13. The number of amides is 1. The summed E-state index contributed by atoms with van der Waals surface area (Å²) in [5.74, 6) is 0.621. The van der Waals surface area contributed by atoms with Crippen molar-refractivity contribution in [2.24, 2.45) is 5.92 Å². The summed E-state index contributed by atoms with van der Waals surface area (Å²) in [6, 6.07) is 5.73. The molecule has 10 nitrogen and oxygen atoms in total. The third kappa shape index (κ3) is 10.1. The third-order valence-corrected chi connectivity index (χ3v) is 8.78. The number of methoxy groups -OCH3 is 2. The molecule has 1 saturated heterocycles. The van der Waals surface area contributed by atoms with E-state index >= 15 is 0 Å². The van der Waals surface area contributed by atoms with Crippen LogP contribution in [-0.4, -0.2) is 108 Å². The Morgan fingerprint density at radius 3 is 2.46 bits per heavy atom. The van der Waals surface area contributed by atoms with E-state index in [0.29, 0.717) is 24.8 Å². The smallest absolute Gasteiger partial charge is 0.407 e. The number of nitrogens with one attached hydrogen (secondary N) is 1. The zero-order valence-corrected chi connectivity index (χ0v) is 24.2. The third-order valence-electron chi connectivity index (χ3n) is 5.92. The molecule has 0 spiro atoms. The van der Waals surface area contributed by atoms with Gasteiger partial charge in [-0.25, -0.2) is 13.2 Å². The molecule has 0 aliphatic carbocycles. The van der Waals surface area contributed by atoms with Crippen LogP contribution in [0.25, 0.3) is 0 Å². The first-order chi connectivity index (χ1) is 17.5. The second-order valence-electron chi connectivity index (χ2n) is 9.75. The molecule has 2 rings (SSSR count). The molecular formula is C25H42N2O8PS+. The van der Waals surface area contributed by atoms with Gasteiger partial charge in [-0.1, -0.05) is 13.8 Å².